The third kappa shape index (κ3) is 4.51. The molecule has 1 aromatic carbocycles. The third-order valence-electron chi connectivity index (χ3n) is 2.12. The lowest BCUT2D eigenvalue weighted by Crippen LogP contribution is -2.46. The topological polar surface area (TPSA) is 67.2 Å². The van der Waals surface area contributed by atoms with Crippen LogP contribution in [0.2, 0.25) is 0 Å². The van der Waals surface area contributed by atoms with Crippen LogP contribution in [-0.4, -0.2) is 11.9 Å². The van der Waals surface area contributed by atoms with Gasteiger partial charge >= 0.3 is 0 Å². The normalized spacial score (nSPS) is 11.5. The van der Waals surface area contributed by atoms with Gasteiger partial charge in [0.05, 0.1) is 11.7 Å². The second kappa shape index (κ2) is 7.09. The predicted molar refractivity (Wildman–Crippen MR) is 68.3 cm³/mol. The van der Waals surface area contributed by atoms with Crippen molar-refractivity contribution in [3.63, 3.8) is 0 Å². The van der Waals surface area contributed by atoms with Crippen LogP contribution < -0.4 is 16.6 Å². The smallest absolute Gasteiger partial charge is 0.255 e. The summed E-state index contributed by atoms with van der Waals surface area (Å²) in [6.45, 7) is 3.82. The number of carbonyl (C=O) groups excluding carboxylic acids is 1. The monoisotopic (exact) mass is 243 g/mol. The first kappa shape index (κ1) is 14.7. The summed E-state index contributed by atoms with van der Waals surface area (Å²) in [5, 5.41) is 0. The van der Waals surface area contributed by atoms with Crippen molar-refractivity contribution in [1.82, 2.24) is 5.43 Å². The zero-order valence-corrected chi connectivity index (χ0v) is 10.3. The van der Waals surface area contributed by atoms with Gasteiger partial charge in [0, 0.05) is 0 Å². The quantitative estimate of drug-likeness (QED) is 0.703. The highest BCUT2D eigenvalue weighted by Crippen LogP contribution is 2.03. The predicted octanol–water partition coefficient (Wildman–Crippen LogP) is 1.53. The first-order valence-corrected chi connectivity index (χ1v) is 4.97. The molecule has 0 aliphatic heterocycles. The van der Waals surface area contributed by atoms with Gasteiger partial charge in [0.1, 0.15) is 0 Å². The van der Waals surface area contributed by atoms with E-state index in [1.807, 2.05) is 44.2 Å². The number of rotatable bonds is 4. The van der Waals surface area contributed by atoms with Gasteiger partial charge in [-0.3, -0.25) is 15.6 Å². The fraction of sp³-hybridized carbons (Fsp3) is 0.364. The number of anilines is 1. The molecule has 0 saturated carbocycles. The molecule has 0 fully saturated rings. The van der Waals surface area contributed by atoms with Gasteiger partial charge in [0.25, 0.3) is 5.91 Å². The van der Waals surface area contributed by atoms with Crippen molar-refractivity contribution in [3.05, 3.63) is 30.3 Å². The van der Waals surface area contributed by atoms with Crippen molar-refractivity contribution < 1.29 is 4.79 Å². The van der Waals surface area contributed by atoms with Gasteiger partial charge < -0.3 is 5.73 Å². The lowest BCUT2D eigenvalue weighted by molar-refractivity contribution is -0.122. The van der Waals surface area contributed by atoms with Crippen LogP contribution in [0, 0.1) is 5.92 Å². The molecular weight excluding hydrogens is 226 g/mol. The molecule has 0 aromatic heterocycles. The van der Waals surface area contributed by atoms with Gasteiger partial charge in [-0.05, 0) is 18.1 Å². The maximum Gasteiger partial charge on any atom is 0.255 e. The van der Waals surface area contributed by atoms with Crippen LogP contribution >= 0.6 is 12.4 Å². The second-order valence-corrected chi connectivity index (χ2v) is 3.75. The number of para-hydroxylation sites is 1. The molecule has 0 aliphatic rings. The molecule has 0 saturated heterocycles. The highest BCUT2D eigenvalue weighted by molar-refractivity contribution is 5.85. The summed E-state index contributed by atoms with van der Waals surface area (Å²) >= 11 is 0. The highest BCUT2D eigenvalue weighted by Gasteiger charge is 2.16. The van der Waals surface area contributed by atoms with E-state index in [0.717, 1.165) is 5.69 Å². The minimum Gasteiger partial charge on any atom is -0.320 e. The van der Waals surface area contributed by atoms with E-state index in [1.165, 1.54) is 0 Å². The van der Waals surface area contributed by atoms with E-state index >= 15 is 0 Å². The fourth-order valence-corrected chi connectivity index (χ4v) is 1.04. The molecule has 4 nitrogen and oxygen atoms in total. The van der Waals surface area contributed by atoms with Gasteiger partial charge in [0.15, 0.2) is 0 Å². The molecule has 4 N–H and O–H groups in total. The van der Waals surface area contributed by atoms with E-state index < -0.39 is 6.04 Å². The van der Waals surface area contributed by atoms with Crippen molar-refractivity contribution in [2.75, 3.05) is 5.43 Å². The van der Waals surface area contributed by atoms with Crippen LogP contribution in [0.15, 0.2) is 30.3 Å². The Morgan fingerprint density at radius 3 is 2.31 bits per heavy atom. The summed E-state index contributed by atoms with van der Waals surface area (Å²) in [4.78, 5) is 11.5. The van der Waals surface area contributed by atoms with E-state index in [2.05, 4.69) is 10.9 Å². The molecule has 1 aromatic rings. The summed E-state index contributed by atoms with van der Waals surface area (Å²) < 4.78 is 0. The average molecular weight is 244 g/mol. The minimum absolute atomic E-state index is 0. The molecule has 90 valence electrons. The van der Waals surface area contributed by atoms with E-state index in [-0.39, 0.29) is 24.2 Å². The Morgan fingerprint density at radius 2 is 1.81 bits per heavy atom. The molecule has 1 rings (SSSR count). The Morgan fingerprint density at radius 1 is 1.25 bits per heavy atom. The van der Waals surface area contributed by atoms with Gasteiger partial charge in [-0.1, -0.05) is 32.0 Å². The van der Waals surface area contributed by atoms with E-state index in [9.17, 15) is 4.79 Å². The number of nitrogens with one attached hydrogen (secondary N) is 2. The molecule has 1 amide bonds. The van der Waals surface area contributed by atoms with Crippen LogP contribution in [0.5, 0.6) is 0 Å². The molecule has 0 bridgehead atoms. The van der Waals surface area contributed by atoms with Gasteiger partial charge in [-0.25, -0.2) is 0 Å². The van der Waals surface area contributed by atoms with Gasteiger partial charge in [-0.2, -0.15) is 0 Å². The first-order valence-electron chi connectivity index (χ1n) is 4.97. The van der Waals surface area contributed by atoms with E-state index in [4.69, 9.17) is 5.73 Å². The zero-order valence-electron chi connectivity index (χ0n) is 9.44. The Kier molecular flexibility index (Phi) is 6.53. The third-order valence-corrected chi connectivity index (χ3v) is 2.12. The summed E-state index contributed by atoms with van der Waals surface area (Å²) in [6, 6.07) is 8.92. The summed E-state index contributed by atoms with van der Waals surface area (Å²) in [6.07, 6.45) is 0. The number of benzene rings is 1. The number of nitrogens with two attached hydrogens (primary N) is 1. The summed E-state index contributed by atoms with van der Waals surface area (Å²) in [7, 11) is 0. The maximum atomic E-state index is 11.5. The largest absolute Gasteiger partial charge is 0.320 e. The van der Waals surface area contributed by atoms with Crippen molar-refractivity contribution in [2.45, 2.75) is 19.9 Å². The Labute approximate surface area is 102 Å². The summed E-state index contributed by atoms with van der Waals surface area (Å²) in [5.41, 5.74) is 11.9. The van der Waals surface area contributed by atoms with Gasteiger partial charge in [-0.15, -0.1) is 12.4 Å². The molecule has 1 atom stereocenters. The van der Waals surface area contributed by atoms with E-state index in [0.29, 0.717) is 0 Å². The maximum absolute atomic E-state index is 11.5. The molecule has 0 radical (unpaired) electrons. The number of halogens is 1. The lowest BCUT2D eigenvalue weighted by Gasteiger charge is -2.16. The van der Waals surface area contributed by atoms with Crippen LogP contribution in [0.25, 0.3) is 0 Å². The number of hydrogen-bond donors (Lipinski definition) is 3. The molecule has 5 heteroatoms. The van der Waals surface area contributed by atoms with Crippen LogP contribution in [0.4, 0.5) is 5.69 Å². The highest BCUT2D eigenvalue weighted by atomic mass is 35.5. The number of hydrazine groups is 1. The van der Waals surface area contributed by atoms with Crippen molar-refractivity contribution >= 4 is 24.0 Å². The summed E-state index contributed by atoms with van der Waals surface area (Å²) in [5.74, 6) is -0.0728. The minimum atomic E-state index is -0.485. The van der Waals surface area contributed by atoms with Crippen LogP contribution in [0.3, 0.4) is 0 Å². The molecule has 16 heavy (non-hydrogen) atoms. The Bertz CT molecular complexity index is 316. The van der Waals surface area contributed by atoms with E-state index in [1.54, 1.807) is 0 Å². The van der Waals surface area contributed by atoms with Gasteiger partial charge in [0.2, 0.25) is 0 Å². The Balaban J connectivity index is 0.00000225. The van der Waals surface area contributed by atoms with Crippen molar-refractivity contribution in [2.24, 2.45) is 11.7 Å². The standard InChI is InChI=1S/C11H17N3O.ClH/c1-8(2)10(12)11(15)14-13-9-6-4-3-5-7-9;/h3-8,10,13H,12H2,1-2H3,(H,14,15);1H/t10-;/m0./s1. The molecule has 0 heterocycles. The molecule has 0 spiro atoms. The molecule has 0 aliphatic carbocycles. The number of carbonyl (C=O) groups is 1. The first-order chi connectivity index (χ1) is 7.11. The number of hydrogen-bond acceptors (Lipinski definition) is 3. The van der Waals surface area contributed by atoms with Crippen LogP contribution in [0.1, 0.15) is 13.8 Å². The zero-order chi connectivity index (χ0) is 11.3. The average Bonchev–Trinajstić information content (AvgIpc) is 2.26. The SMILES string of the molecule is CC(C)[C@H](N)C(=O)NNc1ccccc1.Cl. The molecule has 0 unspecified atom stereocenters. The number of amides is 1. The Hall–Kier alpha value is -1.26. The molecular formula is C11H18ClN3O. The van der Waals surface area contributed by atoms with Crippen molar-refractivity contribution in [1.29, 1.82) is 0 Å². The van der Waals surface area contributed by atoms with Crippen LogP contribution in [-0.2, 0) is 4.79 Å². The fourth-order valence-electron chi connectivity index (χ4n) is 1.04. The lowest BCUT2D eigenvalue weighted by atomic mass is 10.1. The second-order valence-electron chi connectivity index (χ2n) is 3.75. The van der Waals surface area contributed by atoms with Crippen molar-refractivity contribution in [3.8, 4) is 0 Å².